The van der Waals surface area contributed by atoms with E-state index < -0.39 is 5.60 Å². The van der Waals surface area contributed by atoms with Gasteiger partial charge in [0, 0.05) is 6.20 Å². The van der Waals surface area contributed by atoms with Crippen molar-refractivity contribution in [1.82, 2.24) is 4.98 Å². The Bertz CT molecular complexity index is 389. The number of pyridine rings is 1. The first-order valence-corrected chi connectivity index (χ1v) is 4.73. The fraction of sp³-hybridized carbons (Fsp3) is 0.455. The minimum absolute atomic E-state index is 0.549. The van der Waals surface area contributed by atoms with E-state index in [9.17, 15) is 5.11 Å². The number of nitriles is 1. The zero-order valence-corrected chi connectivity index (χ0v) is 8.07. The molecule has 1 aliphatic carbocycles. The van der Waals surface area contributed by atoms with Gasteiger partial charge in [-0.15, -0.1) is 0 Å². The lowest BCUT2D eigenvalue weighted by Gasteiger charge is -2.41. The summed E-state index contributed by atoms with van der Waals surface area (Å²) in [4.78, 5) is 4.11. The van der Waals surface area contributed by atoms with E-state index in [0.29, 0.717) is 17.2 Å². The Labute approximate surface area is 83.0 Å². The molecule has 0 aliphatic heterocycles. The van der Waals surface area contributed by atoms with E-state index in [4.69, 9.17) is 5.26 Å². The van der Waals surface area contributed by atoms with E-state index in [2.05, 4.69) is 11.9 Å². The minimum atomic E-state index is -0.785. The average Bonchev–Trinajstić information content (AvgIpc) is 2.16. The molecule has 1 aliphatic rings. The zero-order chi connectivity index (χ0) is 10.2. The highest BCUT2D eigenvalue weighted by molar-refractivity contribution is 5.31. The molecule has 0 aromatic carbocycles. The summed E-state index contributed by atoms with van der Waals surface area (Å²) < 4.78 is 0. The van der Waals surface area contributed by atoms with E-state index in [1.807, 2.05) is 6.07 Å². The maximum Gasteiger partial charge on any atom is 0.107 e. The molecule has 0 radical (unpaired) electrons. The molecule has 0 amide bonds. The summed E-state index contributed by atoms with van der Waals surface area (Å²) in [6.07, 6.45) is 3.07. The second kappa shape index (κ2) is 3.07. The Morgan fingerprint density at radius 1 is 1.64 bits per heavy atom. The molecule has 14 heavy (non-hydrogen) atoms. The molecule has 0 saturated heterocycles. The average molecular weight is 188 g/mol. The molecule has 2 rings (SSSR count). The first kappa shape index (κ1) is 9.17. The third-order valence-electron chi connectivity index (χ3n) is 2.74. The number of nitrogens with zero attached hydrogens (tertiary/aromatic N) is 2. The van der Waals surface area contributed by atoms with Crippen LogP contribution in [0.15, 0.2) is 18.3 Å². The fourth-order valence-corrected chi connectivity index (χ4v) is 2.06. The summed E-state index contributed by atoms with van der Waals surface area (Å²) >= 11 is 0. The molecule has 1 heterocycles. The predicted octanol–water partition coefficient (Wildman–Crippen LogP) is 1.57. The summed E-state index contributed by atoms with van der Waals surface area (Å²) in [6.45, 7) is 2.10. The standard InChI is InChI=1S/C11H12N2O/c1-8-5-11(14,6-8)10-4-9(7-12)2-3-13-10/h2-4,8,14H,5-6H2,1H3. The Morgan fingerprint density at radius 3 is 2.93 bits per heavy atom. The van der Waals surface area contributed by atoms with Gasteiger partial charge in [0.05, 0.1) is 17.3 Å². The van der Waals surface area contributed by atoms with Crippen molar-refractivity contribution in [3.8, 4) is 6.07 Å². The smallest absolute Gasteiger partial charge is 0.107 e. The molecule has 72 valence electrons. The first-order valence-electron chi connectivity index (χ1n) is 4.73. The summed E-state index contributed by atoms with van der Waals surface area (Å²) in [5.41, 5.74) is 0.407. The molecular formula is C11H12N2O. The monoisotopic (exact) mass is 188 g/mol. The SMILES string of the molecule is CC1CC(O)(c2cc(C#N)ccn2)C1. The van der Waals surface area contributed by atoms with Crippen LogP contribution in [0.2, 0.25) is 0 Å². The van der Waals surface area contributed by atoms with Crippen molar-refractivity contribution in [3.63, 3.8) is 0 Å². The number of aromatic nitrogens is 1. The van der Waals surface area contributed by atoms with Gasteiger partial charge >= 0.3 is 0 Å². The van der Waals surface area contributed by atoms with Gasteiger partial charge in [-0.2, -0.15) is 5.26 Å². The second-order valence-electron chi connectivity index (χ2n) is 4.09. The molecule has 1 saturated carbocycles. The van der Waals surface area contributed by atoms with Gasteiger partial charge in [-0.3, -0.25) is 4.98 Å². The Morgan fingerprint density at radius 2 is 2.36 bits per heavy atom. The maximum atomic E-state index is 10.1. The van der Waals surface area contributed by atoms with Crippen LogP contribution >= 0.6 is 0 Å². The van der Waals surface area contributed by atoms with Crippen LogP contribution in [0.3, 0.4) is 0 Å². The lowest BCUT2D eigenvalue weighted by molar-refractivity contribution is -0.0773. The van der Waals surface area contributed by atoms with Gasteiger partial charge in [-0.05, 0) is 30.9 Å². The Kier molecular flexibility index (Phi) is 2.01. The zero-order valence-electron chi connectivity index (χ0n) is 8.07. The quantitative estimate of drug-likeness (QED) is 0.727. The van der Waals surface area contributed by atoms with Crippen LogP contribution in [0, 0.1) is 17.2 Å². The summed E-state index contributed by atoms with van der Waals surface area (Å²) in [5, 5.41) is 18.8. The second-order valence-corrected chi connectivity index (χ2v) is 4.09. The lowest BCUT2D eigenvalue weighted by Crippen LogP contribution is -2.40. The normalized spacial score (nSPS) is 30.5. The lowest BCUT2D eigenvalue weighted by atomic mass is 9.70. The van der Waals surface area contributed by atoms with Gasteiger partial charge < -0.3 is 5.11 Å². The highest BCUT2D eigenvalue weighted by Gasteiger charge is 2.42. The third-order valence-corrected chi connectivity index (χ3v) is 2.74. The molecule has 1 N–H and O–H groups in total. The van der Waals surface area contributed by atoms with Crippen molar-refractivity contribution >= 4 is 0 Å². The molecule has 0 spiro atoms. The molecule has 3 nitrogen and oxygen atoms in total. The van der Waals surface area contributed by atoms with Gasteiger partial charge in [0.15, 0.2) is 0 Å². The van der Waals surface area contributed by atoms with Crippen LogP contribution in [0.5, 0.6) is 0 Å². The highest BCUT2D eigenvalue weighted by atomic mass is 16.3. The number of hydrogen-bond donors (Lipinski definition) is 1. The van der Waals surface area contributed by atoms with E-state index in [0.717, 1.165) is 12.8 Å². The topological polar surface area (TPSA) is 56.9 Å². The molecule has 0 unspecified atom stereocenters. The fourth-order valence-electron chi connectivity index (χ4n) is 2.06. The molecule has 0 atom stereocenters. The Balaban J connectivity index is 2.29. The van der Waals surface area contributed by atoms with Crippen LogP contribution in [-0.2, 0) is 5.60 Å². The van der Waals surface area contributed by atoms with E-state index in [1.54, 1.807) is 18.3 Å². The van der Waals surface area contributed by atoms with Crippen molar-refractivity contribution in [3.05, 3.63) is 29.6 Å². The largest absolute Gasteiger partial charge is 0.384 e. The van der Waals surface area contributed by atoms with Crippen molar-refractivity contribution in [2.45, 2.75) is 25.4 Å². The van der Waals surface area contributed by atoms with Crippen molar-refractivity contribution in [2.75, 3.05) is 0 Å². The van der Waals surface area contributed by atoms with E-state index >= 15 is 0 Å². The van der Waals surface area contributed by atoms with Crippen LogP contribution in [0.4, 0.5) is 0 Å². The van der Waals surface area contributed by atoms with E-state index in [1.165, 1.54) is 0 Å². The van der Waals surface area contributed by atoms with Crippen molar-refractivity contribution in [1.29, 1.82) is 5.26 Å². The molecule has 0 bridgehead atoms. The van der Waals surface area contributed by atoms with Crippen LogP contribution in [0.25, 0.3) is 0 Å². The molecule has 1 aromatic rings. The van der Waals surface area contributed by atoms with Crippen molar-refractivity contribution in [2.24, 2.45) is 5.92 Å². The van der Waals surface area contributed by atoms with E-state index in [-0.39, 0.29) is 0 Å². The number of rotatable bonds is 1. The van der Waals surface area contributed by atoms with Gasteiger partial charge in [0.1, 0.15) is 5.60 Å². The number of hydrogen-bond acceptors (Lipinski definition) is 3. The first-order chi connectivity index (χ1) is 6.64. The number of aliphatic hydroxyl groups is 1. The summed E-state index contributed by atoms with van der Waals surface area (Å²) in [7, 11) is 0. The molecule has 3 heteroatoms. The highest BCUT2D eigenvalue weighted by Crippen LogP contribution is 2.44. The van der Waals surface area contributed by atoms with Crippen LogP contribution in [-0.4, -0.2) is 10.1 Å². The molecular weight excluding hydrogens is 176 g/mol. The maximum absolute atomic E-state index is 10.1. The predicted molar refractivity (Wildman–Crippen MR) is 51.2 cm³/mol. The van der Waals surface area contributed by atoms with Crippen molar-refractivity contribution < 1.29 is 5.11 Å². The van der Waals surface area contributed by atoms with Crippen LogP contribution < -0.4 is 0 Å². The van der Waals surface area contributed by atoms with Gasteiger partial charge in [0.2, 0.25) is 0 Å². The summed E-state index contributed by atoms with van der Waals surface area (Å²) in [5.74, 6) is 0.549. The summed E-state index contributed by atoms with van der Waals surface area (Å²) in [6, 6.07) is 5.37. The van der Waals surface area contributed by atoms with Gasteiger partial charge in [-0.1, -0.05) is 6.92 Å². The van der Waals surface area contributed by atoms with Gasteiger partial charge in [-0.25, -0.2) is 0 Å². The van der Waals surface area contributed by atoms with Gasteiger partial charge in [0.25, 0.3) is 0 Å². The minimum Gasteiger partial charge on any atom is -0.384 e. The van der Waals surface area contributed by atoms with Crippen LogP contribution in [0.1, 0.15) is 31.0 Å². The Hall–Kier alpha value is -1.40. The third kappa shape index (κ3) is 1.38. The molecule has 1 fully saturated rings. The molecule has 1 aromatic heterocycles.